The van der Waals surface area contributed by atoms with Crippen LogP contribution in [0.15, 0.2) is 53.3 Å². The summed E-state index contributed by atoms with van der Waals surface area (Å²) in [5.74, 6) is 0.0694. The number of hydrogen-bond acceptors (Lipinski definition) is 6. The highest BCUT2D eigenvalue weighted by atomic mass is 16.5. The fourth-order valence-corrected chi connectivity index (χ4v) is 4.53. The highest BCUT2D eigenvalue weighted by Gasteiger charge is 2.37. The summed E-state index contributed by atoms with van der Waals surface area (Å²) in [5, 5.41) is 5.44. The van der Waals surface area contributed by atoms with Gasteiger partial charge in [0.15, 0.2) is 11.8 Å². The number of para-hydroxylation sites is 2. The molecule has 1 unspecified atom stereocenters. The van der Waals surface area contributed by atoms with Crippen LogP contribution in [0.2, 0.25) is 0 Å². The number of carbonyl (C=O) groups excluding carboxylic acids is 2. The Morgan fingerprint density at radius 2 is 1.71 bits per heavy atom. The lowest BCUT2D eigenvalue weighted by atomic mass is 10.1. The van der Waals surface area contributed by atoms with Crippen LogP contribution in [-0.4, -0.2) is 65.4 Å². The van der Waals surface area contributed by atoms with E-state index in [0.717, 1.165) is 0 Å². The number of aromatic nitrogens is 2. The minimum absolute atomic E-state index is 0.0470. The summed E-state index contributed by atoms with van der Waals surface area (Å²) in [6.45, 7) is 6.35. The van der Waals surface area contributed by atoms with Crippen molar-refractivity contribution in [3.8, 4) is 5.75 Å². The second-order valence-corrected chi connectivity index (χ2v) is 9.20. The number of ether oxygens (including phenoxy) is 2. The molecule has 2 amide bonds. The summed E-state index contributed by atoms with van der Waals surface area (Å²) in [6.07, 6.45) is -0.847. The van der Waals surface area contributed by atoms with E-state index < -0.39 is 6.10 Å². The Morgan fingerprint density at radius 1 is 1.03 bits per heavy atom. The van der Waals surface area contributed by atoms with Gasteiger partial charge >= 0.3 is 0 Å². The Morgan fingerprint density at radius 3 is 2.46 bits per heavy atom. The molecular weight excluding hydrogens is 448 g/mol. The molecule has 182 valence electrons. The average Bonchev–Trinajstić information content (AvgIpc) is 2.89. The van der Waals surface area contributed by atoms with E-state index in [4.69, 9.17) is 9.47 Å². The summed E-state index contributed by atoms with van der Waals surface area (Å²) in [6, 6.07) is 14.2. The number of hydrogen-bond donors (Lipinski definition) is 0. The highest BCUT2D eigenvalue weighted by Crippen LogP contribution is 2.35. The lowest BCUT2D eigenvalue weighted by Gasteiger charge is -2.37. The first-order chi connectivity index (χ1) is 16.9. The largest absolute Gasteiger partial charge is 0.476 e. The van der Waals surface area contributed by atoms with Crippen LogP contribution < -0.4 is 15.2 Å². The number of rotatable bonds is 4. The standard InChI is InChI=1S/C26H28N4O5/c1-17(2)15-30-24(31)19-8-4-3-7-18(19)23(27-30)26(33)29-16-22(25(32)28-11-13-34-14-12-28)35-21-10-6-5-9-20(21)29/h3-10,17,22H,11-16H2,1-2H3. The van der Waals surface area contributed by atoms with Crippen LogP contribution in [0.4, 0.5) is 5.69 Å². The Kier molecular flexibility index (Phi) is 6.25. The quantitative estimate of drug-likeness (QED) is 0.574. The van der Waals surface area contributed by atoms with Crippen molar-refractivity contribution < 1.29 is 19.1 Å². The van der Waals surface area contributed by atoms with Crippen LogP contribution >= 0.6 is 0 Å². The summed E-state index contributed by atoms with van der Waals surface area (Å²) in [5.41, 5.74) is 0.514. The average molecular weight is 477 g/mol. The monoisotopic (exact) mass is 476 g/mol. The van der Waals surface area contributed by atoms with Gasteiger partial charge in [-0.1, -0.05) is 44.2 Å². The zero-order chi connectivity index (χ0) is 24.5. The lowest BCUT2D eigenvalue weighted by molar-refractivity contribution is -0.142. The maximum Gasteiger partial charge on any atom is 0.279 e. The van der Waals surface area contributed by atoms with Crippen molar-refractivity contribution in [1.29, 1.82) is 0 Å². The molecule has 1 atom stereocenters. The van der Waals surface area contributed by atoms with Crippen molar-refractivity contribution in [3.63, 3.8) is 0 Å². The van der Waals surface area contributed by atoms with Crippen LogP contribution in [0.3, 0.4) is 0 Å². The first-order valence-electron chi connectivity index (χ1n) is 11.9. The Balaban J connectivity index is 1.57. The molecule has 0 spiro atoms. The molecule has 0 bridgehead atoms. The van der Waals surface area contributed by atoms with Gasteiger partial charge in [0, 0.05) is 25.0 Å². The van der Waals surface area contributed by atoms with Crippen LogP contribution in [-0.2, 0) is 16.1 Å². The zero-order valence-electron chi connectivity index (χ0n) is 19.8. The third-order valence-electron chi connectivity index (χ3n) is 6.23. The van der Waals surface area contributed by atoms with E-state index in [-0.39, 0.29) is 35.5 Å². The van der Waals surface area contributed by atoms with E-state index in [9.17, 15) is 14.4 Å². The number of benzene rings is 2. The number of amides is 2. The van der Waals surface area contributed by atoms with Crippen molar-refractivity contribution in [2.24, 2.45) is 5.92 Å². The van der Waals surface area contributed by atoms with Crippen LogP contribution in [0.25, 0.3) is 10.8 Å². The molecule has 2 aliphatic heterocycles. The molecule has 3 heterocycles. The highest BCUT2D eigenvalue weighted by molar-refractivity contribution is 6.13. The topological polar surface area (TPSA) is 94.0 Å². The van der Waals surface area contributed by atoms with E-state index in [1.165, 1.54) is 4.68 Å². The first-order valence-corrected chi connectivity index (χ1v) is 11.9. The number of anilines is 1. The van der Waals surface area contributed by atoms with Crippen LogP contribution in [0, 0.1) is 5.92 Å². The molecular formula is C26H28N4O5. The summed E-state index contributed by atoms with van der Waals surface area (Å²) >= 11 is 0. The molecule has 1 saturated heterocycles. The maximum atomic E-state index is 14.0. The third kappa shape index (κ3) is 4.39. The first kappa shape index (κ1) is 23.0. The lowest BCUT2D eigenvalue weighted by Crippen LogP contribution is -2.54. The molecule has 9 heteroatoms. The van der Waals surface area contributed by atoms with E-state index in [1.807, 2.05) is 19.9 Å². The normalized spacial score (nSPS) is 17.9. The molecule has 2 aromatic carbocycles. The number of morpholine rings is 1. The summed E-state index contributed by atoms with van der Waals surface area (Å²) in [7, 11) is 0. The molecule has 0 saturated carbocycles. The molecule has 0 N–H and O–H groups in total. The van der Waals surface area contributed by atoms with E-state index in [0.29, 0.717) is 55.1 Å². The second-order valence-electron chi connectivity index (χ2n) is 9.20. The molecule has 0 radical (unpaired) electrons. The molecule has 1 fully saturated rings. The van der Waals surface area contributed by atoms with E-state index in [2.05, 4.69) is 5.10 Å². The molecule has 2 aliphatic rings. The van der Waals surface area contributed by atoms with Gasteiger partial charge in [0.1, 0.15) is 5.75 Å². The molecule has 9 nitrogen and oxygen atoms in total. The predicted octanol–water partition coefficient (Wildman–Crippen LogP) is 2.32. The van der Waals surface area contributed by atoms with Gasteiger partial charge in [-0.25, -0.2) is 4.68 Å². The zero-order valence-corrected chi connectivity index (χ0v) is 19.8. The Labute approximate surface area is 202 Å². The smallest absolute Gasteiger partial charge is 0.279 e. The summed E-state index contributed by atoms with van der Waals surface area (Å²) in [4.78, 5) is 43.5. The van der Waals surface area contributed by atoms with Gasteiger partial charge in [0.25, 0.3) is 17.4 Å². The Bertz CT molecular complexity index is 1330. The van der Waals surface area contributed by atoms with Gasteiger partial charge in [-0.2, -0.15) is 5.10 Å². The van der Waals surface area contributed by atoms with Gasteiger partial charge in [-0.3, -0.25) is 19.3 Å². The SMILES string of the molecule is CC(C)Cn1nc(C(=O)N2CC(C(=O)N3CCOCC3)Oc3ccccc32)c2ccccc2c1=O. The van der Waals surface area contributed by atoms with Gasteiger partial charge in [-0.05, 0) is 24.1 Å². The van der Waals surface area contributed by atoms with Crippen molar-refractivity contribution in [1.82, 2.24) is 14.7 Å². The van der Waals surface area contributed by atoms with Gasteiger partial charge in [-0.15, -0.1) is 0 Å². The third-order valence-corrected chi connectivity index (χ3v) is 6.23. The molecule has 3 aromatic rings. The van der Waals surface area contributed by atoms with Crippen molar-refractivity contribution in [3.05, 3.63) is 64.6 Å². The number of carbonyl (C=O) groups is 2. The maximum absolute atomic E-state index is 14.0. The van der Waals surface area contributed by atoms with Crippen molar-refractivity contribution in [2.45, 2.75) is 26.5 Å². The predicted molar refractivity (Wildman–Crippen MR) is 131 cm³/mol. The van der Waals surface area contributed by atoms with Crippen LogP contribution in [0.1, 0.15) is 24.3 Å². The molecule has 0 aliphatic carbocycles. The number of nitrogens with zero attached hydrogens (tertiary/aromatic N) is 4. The molecule has 35 heavy (non-hydrogen) atoms. The van der Waals surface area contributed by atoms with Crippen LogP contribution in [0.5, 0.6) is 5.75 Å². The minimum atomic E-state index is -0.847. The van der Waals surface area contributed by atoms with Gasteiger partial charge in [0.2, 0.25) is 0 Å². The number of fused-ring (bicyclic) bond motifs is 2. The minimum Gasteiger partial charge on any atom is -0.476 e. The molecule has 5 rings (SSSR count). The second kappa shape index (κ2) is 9.50. The van der Waals surface area contributed by atoms with E-state index in [1.54, 1.807) is 52.3 Å². The molecule has 1 aromatic heterocycles. The van der Waals surface area contributed by atoms with Gasteiger partial charge < -0.3 is 14.4 Å². The fraction of sp³-hybridized carbons (Fsp3) is 0.385. The van der Waals surface area contributed by atoms with Crippen molar-refractivity contribution >= 4 is 28.3 Å². The Hall–Kier alpha value is -3.72. The van der Waals surface area contributed by atoms with E-state index >= 15 is 0 Å². The summed E-state index contributed by atoms with van der Waals surface area (Å²) < 4.78 is 12.8. The fourth-order valence-electron chi connectivity index (χ4n) is 4.53. The van der Waals surface area contributed by atoms with Gasteiger partial charge in [0.05, 0.1) is 30.8 Å². The van der Waals surface area contributed by atoms with Crippen molar-refractivity contribution in [2.75, 3.05) is 37.7 Å².